The SMILES string of the molecule is COc1cc(Br)c(CNC2CCCC(O)C2)cc1OC. The van der Waals surface area contributed by atoms with Gasteiger partial charge in [-0.05, 0) is 43.4 Å². The molecule has 2 unspecified atom stereocenters. The van der Waals surface area contributed by atoms with Gasteiger partial charge in [-0.3, -0.25) is 0 Å². The predicted molar refractivity (Wildman–Crippen MR) is 82.3 cm³/mol. The number of hydrogen-bond acceptors (Lipinski definition) is 4. The maximum Gasteiger partial charge on any atom is 0.161 e. The molecule has 1 saturated carbocycles. The monoisotopic (exact) mass is 343 g/mol. The Morgan fingerprint density at radius 2 is 1.95 bits per heavy atom. The minimum absolute atomic E-state index is 0.157. The summed E-state index contributed by atoms with van der Waals surface area (Å²) in [6.07, 6.45) is 3.83. The van der Waals surface area contributed by atoms with Crippen molar-refractivity contribution in [3.63, 3.8) is 0 Å². The number of nitrogens with one attached hydrogen (secondary N) is 1. The van der Waals surface area contributed by atoms with Gasteiger partial charge in [0.25, 0.3) is 0 Å². The molecule has 0 heterocycles. The molecule has 20 heavy (non-hydrogen) atoms. The van der Waals surface area contributed by atoms with Gasteiger partial charge in [0.1, 0.15) is 0 Å². The van der Waals surface area contributed by atoms with Crippen LogP contribution in [0.2, 0.25) is 0 Å². The Morgan fingerprint density at radius 1 is 1.25 bits per heavy atom. The Bertz CT molecular complexity index is 453. The quantitative estimate of drug-likeness (QED) is 0.863. The first kappa shape index (κ1) is 15.6. The van der Waals surface area contributed by atoms with Gasteiger partial charge >= 0.3 is 0 Å². The highest BCUT2D eigenvalue weighted by Crippen LogP contribution is 2.33. The highest BCUT2D eigenvalue weighted by molar-refractivity contribution is 9.10. The second kappa shape index (κ2) is 7.29. The molecule has 5 heteroatoms. The molecule has 0 amide bonds. The molecule has 0 aromatic heterocycles. The first-order valence-electron chi connectivity index (χ1n) is 6.96. The van der Waals surface area contributed by atoms with Gasteiger partial charge in [0.2, 0.25) is 0 Å². The zero-order valence-corrected chi connectivity index (χ0v) is 13.6. The summed E-state index contributed by atoms with van der Waals surface area (Å²) in [4.78, 5) is 0. The van der Waals surface area contributed by atoms with Gasteiger partial charge < -0.3 is 19.9 Å². The van der Waals surface area contributed by atoms with Crippen molar-refractivity contribution in [3.05, 3.63) is 22.2 Å². The summed E-state index contributed by atoms with van der Waals surface area (Å²) in [5.41, 5.74) is 1.13. The van der Waals surface area contributed by atoms with E-state index in [1.165, 1.54) is 0 Å². The molecule has 2 rings (SSSR count). The normalized spacial score (nSPS) is 22.6. The zero-order valence-electron chi connectivity index (χ0n) is 12.0. The highest BCUT2D eigenvalue weighted by atomic mass is 79.9. The molecule has 2 atom stereocenters. The number of methoxy groups -OCH3 is 2. The van der Waals surface area contributed by atoms with Crippen molar-refractivity contribution in [1.29, 1.82) is 0 Å². The predicted octanol–water partition coefficient (Wildman–Crippen LogP) is 2.86. The third kappa shape index (κ3) is 3.87. The number of ether oxygens (including phenoxy) is 2. The van der Waals surface area contributed by atoms with E-state index in [4.69, 9.17) is 9.47 Å². The highest BCUT2D eigenvalue weighted by Gasteiger charge is 2.20. The van der Waals surface area contributed by atoms with Crippen LogP contribution in [0.15, 0.2) is 16.6 Å². The standard InChI is InChI=1S/C15H22BrNO3/c1-19-14-6-10(13(16)8-15(14)20-2)9-17-11-4-3-5-12(18)7-11/h6,8,11-12,17-18H,3-5,7,9H2,1-2H3. The van der Waals surface area contributed by atoms with Gasteiger partial charge in [0.15, 0.2) is 11.5 Å². The van der Waals surface area contributed by atoms with E-state index in [0.29, 0.717) is 6.04 Å². The molecule has 2 N–H and O–H groups in total. The lowest BCUT2D eigenvalue weighted by Gasteiger charge is -2.27. The first-order chi connectivity index (χ1) is 9.63. The summed E-state index contributed by atoms with van der Waals surface area (Å²) >= 11 is 3.56. The van der Waals surface area contributed by atoms with Crippen LogP contribution in [0.4, 0.5) is 0 Å². The second-order valence-electron chi connectivity index (χ2n) is 5.20. The summed E-state index contributed by atoms with van der Waals surface area (Å²) < 4.78 is 11.6. The maximum absolute atomic E-state index is 9.70. The molecule has 1 aromatic carbocycles. The third-order valence-electron chi connectivity index (χ3n) is 3.78. The van der Waals surface area contributed by atoms with E-state index in [2.05, 4.69) is 21.2 Å². The Hall–Kier alpha value is -0.780. The first-order valence-corrected chi connectivity index (χ1v) is 7.75. The number of rotatable bonds is 5. The topological polar surface area (TPSA) is 50.7 Å². The van der Waals surface area contributed by atoms with E-state index < -0.39 is 0 Å². The summed E-state index contributed by atoms with van der Waals surface area (Å²) in [5, 5.41) is 13.2. The lowest BCUT2D eigenvalue weighted by atomic mass is 9.93. The van der Waals surface area contributed by atoms with Crippen LogP contribution >= 0.6 is 15.9 Å². The lowest BCUT2D eigenvalue weighted by Crippen LogP contribution is -2.35. The van der Waals surface area contributed by atoms with Crippen molar-refractivity contribution in [3.8, 4) is 11.5 Å². The van der Waals surface area contributed by atoms with Gasteiger partial charge in [0, 0.05) is 17.1 Å². The molecule has 0 aliphatic heterocycles. The Balaban J connectivity index is 2.01. The van der Waals surface area contributed by atoms with Gasteiger partial charge in [-0.2, -0.15) is 0 Å². The summed E-state index contributed by atoms with van der Waals surface area (Å²) in [6, 6.07) is 4.29. The van der Waals surface area contributed by atoms with E-state index in [9.17, 15) is 5.11 Å². The number of aliphatic hydroxyl groups is 1. The van der Waals surface area contributed by atoms with Gasteiger partial charge in [-0.1, -0.05) is 15.9 Å². The molecule has 0 bridgehead atoms. The Kier molecular flexibility index (Phi) is 5.69. The fraction of sp³-hybridized carbons (Fsp3) is 0.600. The molecule has 112 valence electrons. The van der Waals surface area contributed by atoms with Crippen molar-refractivity contribution in [2.75, 3.05) is 14.2 Å². The molecule has 1 aliphatic rings. The van der Waals surface area contributed by atoms with E-state index in [1.807, 2.05) is 12.1 Å². The second-order valence-corrected chi connectivity index (χ2v) is 6.05. The molecular formula is C15H22BrNO3. The summed E-state index contributed by atoms with van der Waals surface area (Å²) in [6.45, 7) is 0.748. The number of aliphatic hydroxyl groups excluding tert-OH is 1. The van der Waals surface area contributed by atoms with E-state index in [1.54, 1.807) is 14.2 Å². The van der Waals surface area contributed by atoms with Crippen LogP contribution in [0, 0.1) is 0 Å². The smallest absolute Gasteiger partial charge is 0.161 e. The molecule has 4 nitrogen and oxygen atoms in total. The maximum atomic E-state index is 9.70. The average molecular weight is 344 g/mol. The van der Waals surface area contributed by atoms with Crippen LogP contribution in [-0.4, -0.2) is 31.5 Å². The van der Waals surface area contributed by atoms with Crippen molar-refractivity contribution < 1.29 is 14.6 Å². The van der Waals surface area contributed by atoms with Crippen LogP contribution in [0.5, 0.6) is 11.5 Å². The van der Waals surface area contributed by atoms with Crippen LogP contribution in [0.25, 0.3) is 0 Å². The van der Waals surface area contributed by atoms with E-state index in [-0.39, 0.29) is 6.10 Å². The lowest BCUT2D eigenvalue weighted by molar-refractivity contribution is 0.111. The molecular weight excluding hydrogens is 322 g/mol. The third-order valence-corrected chi connectivity index (χ3v) is 4.52. The number of benzene rings is 1. The molecule has 0 radical (unpaired) electrons. The Morgan fingerprint density at radius 3 is 2.60 bits per heavy atom. The van der Waals surface area contributed by atoms with Crippen molar-refractivity contribution in [2.24, 2.45) is 0 Å². The molecule has 1 aliphatic carbocycles. The summed E-state index contributed by atoms with van der Waals surface area (Å²) in [5.74, 6) is 1.45. The largest absolute Gasteiger partial charge is 0.493 e. The summed E-state index contributed by atoms with van der Waals surface area (Å²) in [7, 11) is 3.27. The van der Waals surface area contributed by atoms with Crippen LogP contribution < -0.4 is 14.8 Å². The minimum atomic E-state index is -0.157. The van der Waals surface area contributed by atoms with Crippen LogP contribution in [-0.2, 0) is 6.54 Å². The number of halogens is 1. The molecule has 0 saturated heterocycles. The van der Waals surface area contributed by atoms with E-state index in [0.717, 1.165) is 53.8 Å². The molecule has 0 spiro atoms. The van der Waals surface area contributed by atoms with Crippen molar-refractivity contribution in [1.82, 2.24) is 5.32 Å². The van der Waals surface area contributed by atoms with E-state index >= 15 is 0 Å². The fourth-order valence-electron chi connectivity index (χ4n) is 2.64. The molecule has 1 fully saturated rings. The molecule has 1 aromatic rings. The number of hydrogen-bond donors (Lipinski definition) is 2. The Labute approximate surface area is 128 Å². The fourth-order valence-corrected chi connectivity index (χ4v) is 3.10. The van der Waals surface area contributed by atoms with Crippen molar-refractivity contribution in [2.45, 2.75) is 44.4 Å². The van der Waals surface area contributed by atoms with Gasteiger partial charge in [-0.15, -0.1) is 0 Å². The average Bonchev–Trinajstić information content (AvgIpc) is 2.45. The van der Waals surface area contributed by atoms with Gasteiger partial charge in [0.05, 0.1) is 20.3 Å². The van der Waals surface area contributed by atoms with Crippen molar-refractivity contribution >= 4 is 15.9 Å². The van der Waals surface area contributed by atoms with Crippen LogP contribution in [0.1, 0.15) is 31.2 Å². The zero-order chi connectivity index (χ0) is 14.5. The van der Waals surface area contributed by atoms with Gasteiger partial charge in [-0.25, -0.2) is 0 Å². The van der Waals surface area contributed by atoms with Crippen LogP contribution in [0.3, 0.4) is 0 Å². The minimum Gasteiger partial charge on any atom is -0.493 e.